The topological polar surface area (TPSA) is 94.1 Å². The number of aromatic nitrogens is 3. The maximum absolute atomic E-state index is 12.8. The van der Waals surface area contributed by atoms with Crippen LogP contribution in [0, 0.1) is 0 Å². The van der Waals surface area contributed by atoms with E-state index >= 15 is 0 Å². The quantitative estimate of drug-likeness (QED) is 0.212. The second-order valence-electron chi connectivity index (χ2n) is 8.78. The van der Waals surface area contributed by atoms with Gasteiger partial charge in [0.2, 0.25) is 11.1 Å². The molecule has 1 amide bonds. The van der Waals surface area contributed by atoms with Gasteiger partial charge in [-0.3, -0.25) is 4.79 Å². The van der Waals surface area contributed by atoms with Crippen molar-refractivity contribution in [3.8, 4) is 22.5 Å². The third-order valence-electron chi connectivity index (χ3n) is 6.55. The Hall–Kier alpha value is -3.30. The zero-order valence-corrected chi connectivity index (χ0v) is 21.4. The van der Waals surface area contributed by atoms with Gasteiger partial charge >= 0.3 is 5.97 Å². The molecule has 0 bridgehead atoms. The first-order chi connectivity index (χ1) is 17.6. The van der Waals surface area contributed by atoms with Crippen LogP contribution in [0.4, 0.5) is 5.00 Å². The first-order valence-electron chi connectivity index (χ1n) is 12.2. The summed E-state index contributed by atoms with van der Waals surface area (Å²) in [7, 11) is 0. The third kappa shape index (κ3) is 4.06. The average molecular weight is 517 g/mol. The molecule has 0 spiro atoms. The maximum Gasteiger partial charge on any atom is 0.341 e. The minimum Gasteiger partial charge on any atom is -0.462 e. The van der Waals surface area contributed by atoms with Crippen molar-refractivity contribution < 1.29 is 14.3 Å². The summed E-state index contributed by atoms with van der Waals surface area (Å²) in [5, 5.41) is 15.2. The van der Waals surface area contributed by atoms with Crippen molar-refractivity contribution >= 4 is 50.7 Å². The van der Waals surface area contributed by atoms with E-state index in [0.717, 1.165) is 64.5 Å². The van der Waals surface area contributed by atoms with Gasteiger partial charge in [-0.25, -0.2) is 9.78 Å². The van der Waals surface area contributed by atoms with Crippen LogP contribution >= 0.6 is 23.1 Å². The number of rotatable bonds is 7. The number of fused-ring (bicyclic) bond motifs is 4. The Bertz CT molecular complexity index is 1510. The zero-order valence-electron chi connectivity index (χ0n) is 19.8. The Morgan fingerprint density at radius 2 is 1.83 bits per heavy atom. The van der Waals surface area contributed by atoms with Gasteiger partial charge in [0.05, 0.1) is 12.2 Å². The average Bonchev–Trinajstić information content (AvgIpc) is 3.41. The van der Waals surface area contributed by atoms with Gasteiger partial charge in [-0.2, -0.15) is 0 Å². The van der Waals surface area contributed by atoms with Gasteiger partial charge in [-0.05, 0) is 43.6 Å². The molecule has 182 valence electrons. The van der Waals surface area contributed by atoms with E-state index in [1.165, 1.54) is 28.0 Å². The van der Waals surface area contributed by atoms with Crippen LogP contribution in [0.15, 0.2) is 41.6 Å². The molecule has 36 heavy (non-hydrogen) atoms. The Morgan fingerprint density at radius 3 is 2.64 bits per heavy atom. The first kappa shape index (κ1) is 23.1. The van der Waals surface area contributed by atoms with Gasteiger partial charge in [0, 0.05) is 33.6 Å². The van der Waals surface area contributed by atoms with E-state index in [1.807, 2.05) is 12.1 Å². The molecule has 4 aromatic rings. The minimum absolute atomic E-state index is 0.141. The van der Waals surface area contributed by atoms with Gasteiger partial charge in [0.25, 0.3) is 0 Å². The van der Waals surface area contributed by atoms with E-state index in [0.29, 0.717) is 28.1 Å². The van der Waals surface area contributed by atoms with Gasteiger partial charge in [0.1, 0.15) is 16.4 Å². The van der Waals surface area contributed by atoms with Gasteiger partial charge in [-0.1, -0.05) is 48.2 Å². The lowest BCUT2D eigenvalue weighted by atomic mass is 9.95. The van der Waals surface area contributed by atoms with Gasteiger partial charge in [-0.15, -0.1) is 21.5 Å². The van der Waals surface area contributed by atoms with E-state index in [1.54, 1.807) is 6.92 Å². The summed E-state index contributed by atoms with van der Waals surface area (Å²) in [6.45, 7) is 2.10. The van der Waals surface area contributed by atoms with Crippen LogP contribution in [0.1, 0.15) is 47.0 Å². The molecule has 0 saturated heterocycles. The Balaban J connectivity index is 1.14. The molecule has 2 heterocycles. The highest BCUT2D eigenvalue weighted by Crippen LogP contribution is 2.45. The predicted molar refractivity (Wildman–Crippen MR) is 143 cm³/mol. The summed E-state index contributed by atoms with van der Waals surface area (Å²) < 4.78 is 5.28. The fourth-order valence-electron chi connectivity index (χ4n) is 4.97. The van der Waals surface area contributed by atoms with Crippen LogP contribution in [0.25, 0.3) is 33.3 Å². The zero-order chi connectivity index (χ0) is 24.6. The van der Waals surface area contributed by atoms with Crippen LogP contribution in [-0.2, 0) is 22.4 Å². The molecule has 2 aliphatic carbocycles. The van der Waals surface area contributed by atoms with Gasteiger partial charge in [0.15, 0.2) is 0 Å². The number of carbonyl (C=O) groups is 2. The summed E-state index contributed by atoms with van der Waals surface area (Å²) in [6.07, 6.45) is 4.22. The molecule has 9 heteroatoms. The summed E-state index contributed by atoms with van der Waals surface area (Å²) in [5.41, 5.74) is 5.36. The normalized spacial score (nSPS) is 13.4. The SMILES string of the molecule is CCOC(=O)c1c(NC(=O)CCSc2nnc3c(n2)-c2cccc4cccc-3c24)sc2c1CCCC2. The number of aryl methyl sites for hydroxylation is 1. The lowest BCUT2D eigenvalue weighted by Gasteiger charge is -2.12. The van der Waals surface area contributed by atoms with Crippen molar-refractivity contribution in [3.05, 3.63) is 52.4 Å². The number of nitrogens with one attached hydrogen (secondary N) is 1. The molecule has 2 aromatic heterocycles. The number of anilines is 1. The van der Waals surface area contributed by atoms with Crippen molar-refractivity contribution in [1.29, 1.82) is 0 Å². The van der Waals surface area contributed by atoms with E-state index in [4.69, 9.17) is 9.72 Å². The molecule has 0 radical (unpaired) electrons. The van der Waals surface area contributed by atoms with Crippen LogP contribution in [0.3, 0.4) is 0 Å². The molecule has 6 rings (SSSR count). The number of thioether (sulfide) groups is 1. The number of carbonyl (C=O) groups excluding carboxylic acids is 2. The fourth-order valence-corrected chi connectivity index (χ4v) is 6.99. The molecule has 1 N–H and O–H groups in total. The summed E-state index contributed by atoms with van der Waals surface area (Å²) in [6, 6.07) is 12.4. The highest BCUT2D eigenvalue weighted by atomic mass is 32.2. The molecule has 0 fully saturated rings. The van der Waals surface area contributed by atoms with Crippen molar-refractivity contribution in [2.45, 2.75) is 44.2 Å². The molecule has 7 nitrogen and oxygen atoms in total. The molecule has 0 saturated carbocycles. The number of thiophene rings is 1. The van der Waals surface area contributed by atoms with Crippen molar-refractivity contribution in [2.24, 2.45) is 0 Å². The Kier molecular flexibility index (Phi) is 6.18. The minimum atomic E-state index is -0.352. The second kappa shape index (κ2) is 9.63. The lowest BCUT2D eigenvalue weighted by Crippen LogP contribution is -2.16. The molecule has 2 aromatic carbocycles. The van der Waals surface area contributed by atoms with Gasteiger partial charge < -0.3 is 10.1 Å². The molecule has 0 atom stereocenters. The third-order valence-corrected chi connectivity index (χ3v) is 8.59. The van der Waals surface area contributed by atoms with Crippen molar-refractivity contribution in [1.82, 2.24) is 15.2 Å². The number of nitrogens with zero attached hydrogens (tertiary/aromatic N) is 3. The Labute approximate surface area is 216 Å². The highest BCUT2D eigenvalue weighted by molar-refractivity contribution is 7.99. The van der Waals surface area contributed by atoms with Crippen molar-refractivity contribution in [3.63, 3.8) is 0 Å². The fraction of sp³-hybridized carbons (Fsp3) is 0.296. The largest absolute Gasteiger partial charge is 0.462 e. The monoisotopic (exact) mass is 516 g/mol. The second-order valence-corrected chi connectivity index (χ2v) is 11.0. The first-order valence-corrected chi connectivity index (χ1v) is 14.0. The number of hydrogen-bond donors (Lipinski definition) is 1. The number of hydrogen-bond acceptors (Lipinski definition) is 8. The summed E-state index contributed by atoms with van der Waals surface area (Å²) in [5.74, 6) is 0.0108. The van der Waals surface area contributed by atoms with Crippen LogP contribution in [-0.4, -0.2) is 39.4 Å². The predicted octanol–water partition coefficient (Wildman–Crippen LogP) is 5.91. The molecular formula is C27H24N4O3S2. The van der Waals surface area contributed by atoms with E-state index in [2.05, 4.69) is 39.8 Å². The number of amides is 1. The van der Waals surface area contributed by atoms with Crippen LogP contribution in [0.5, 0.6) is 0 Å². The molecular weight excluding hydrogens is 492 g/mol. The Morgan fingerprint density at radius 1 is 1.06 bits per heavy atom. The molecule has 2 aliphatic rings. The smallest absolute Gasteiger partial charge is 0.341 e. The lowest BCUT2D eigenvalue weighted by molar-refractivity contribution is -0.115. The van der Waals surface area contributed by atoms with E-state index < -0.39 is 0 Å². The number of benzene rings is 2. The summed E-state index contributed by atoms with van der Waals surface area (Å²) >= 11 is 2.91. The van der Waals surface area contributed by atoms with Crippen LogP contribution in [0.2, 0.25) is 0 Å². The van der Waals surface area contributed by atoms with E-state index in [9.17, 15) is 9.59 Å². The van der Waals surface area contributed by atoms with E-state index in [-0.39, 0.29) is 18.3 Å². The maximum atomic E-state index is 12.8. The molecule has 0 unspecified atom stereocenters. The highest BCUT2D eigenvalue weighted by Gasteiger charge is 2.28. The summed E-state index contributed by atoms with van der Waals surface area (Å²) in [4.78, 5) is 31.4. The van der Waals surface area contributed by atoms with Crippen LogP contribution < -0.4 is 5.32 Å². The standard InChI is InChI=1S/C27H24N4O3S2/c1-2-34-26(33)22-16-9-3-4-12-19(16)36-25(22)28-20(32)13-14-35-27-29-23-17-10-5-7-15-8-6-11-18(21(15)17)24(23)30-31-27/h5-8,10-11H,2-4,9,12-14H2,1H3,(H,28,32). The number of ether oxygens (including phenoxy) is 1. The number of esters is 1. The molecule has 0 aliphatic heterocycles. The van der Waals surface area contributed by atoms with Crippen molar-refractivity contribution in [2.75, 3.05) is 17.7 Å².